The topological polar surface area (TPSA) is 54.7 Å². The van der Waals surface area contributed by atoms with Crippen LogP contribution < -0.4 is 9.54 Å². The maximum Gasteiger partial charge on any atom is 0.387 e. The number of aromatic nitrogens is 2. The van der Waals surface area contributed by atoms with E-state index in [0.29, 0.717) is 0 Å². The fraction of sp³-hybridized carbons (Fsp3) is 0.143. The zero-order valence-electron chi connectivity index (χ0n) is 15.8. The van der Waals surface area contributed by atoms with Crippen LogP contribution in [0.1, 0.15) is 11.3 Å². The summed E-state index contributed by atoms with van der Waals surface area (Å²) in [6, 6.07) is 14.5. The number of thiazole rings is 1. The first-order valence-electron chi connectivity index (χ1n) is 8.87. The summed E-state index contributed by atoms with van der Waals surface area (Å²) >= 11 is 1.45. The first-order valence-corrected chi connectivity index (χ1v) is 9.75. The minimum absolute atomic E-state index is 0.115. The summed E-state index contributed by atoms with van der Waals surface area (Å²) in [6.07, 6.45) is 1.81. The minimum Gasteiger partial charge on any atom is -0.435 e. The molecule has 2 aromatic carbocycles. The Morgan fingerprint density at radius 2 is 1.90 bits per heavy atom. The Bertz CT molecular complexity index is 1240. The van der Waals surface area contributed by atoms with Crippen LogP contribution in [0.15, 0.2) is 64.0 Å². The number of benzene rings is 2. The van der Waals surface area contributed by atoms with Crippen LogP contribution in [0.2, 0.25) is 0 Å². The Balaban J connectivity index is 1.74. The third-order valence-corrected chi connectivity index (χ3v) is 5.41. The lowest BCUT2D eigenvalue weighted by atomic mass is 10.1. The molecule has 0 fully saturated rings. The van der Waals surface area contributed by atoms with Gasteiger partial charge in [0.2, 0.25) is 4.80 Å². The molecule has 0 saturated heterocycles. The number of aryl methyl sites for hydroxylation is 1. The van der Waals surface area contributed by atoms with Crippen LogP contribution in [0.25, 0.3) is 22.2 Å². The van der Waals surface area contributed by atoms with E-state index in [0.717, 1.165) is 38.2 Å². The first-order chi connectivity index (χ1) is 14.1. The minimum atomic E-state index is -2.85. The molecule has 0 aliphatic rings. The van der Waals surface area contributed by atoms with Crippen molar-refractivity contribution in [2.24, 2.45) is 10.1 Å². The second kappa shape index (κ2) is 8.00. The van der Waals surface area contributed by atoms with Gasteiger partial charge >= 0.3 is 6.61 Å². The number of alkyl halides is 2. The Hall–Kier alpha value is -3.26. The number of fused-ring (bicyclic) bond motifs is 1. The second-order valence-electron chi connectivity index (χ2n) is 6.30. The SMILES string of the molecule is CN=c1scc(-c2ccc(OC(F)F)cc2)n1N=Cc1c(C)[nH]c2ccccc12. The van der Waals surface area contributed by atoms with E-state index in [-0.39, 0.29) is 5.75 Å². The van der Waals surface area contributed by atoms with Gasteiger partial charge in [-0.2, -0.15) is 13.9 Å². The normalized spacial score (nSPS) is 12.5. The number of nitrogens with zero attached hydrogens (tertiary/aromatic N) is 3. The molecule has 0 radical (unpaired) electrons. The molecule has 148 valence electrons. The van der Waals surface area contributed by atoms with Crippen molar-refractivity contribution in [1.29, 1.82) is 0 Å². The van der Waals surface area contributed by atoms with Gasteiger partial charge in [0, 0.05) is 40.2 Å². The zero-order valence-corrected chi connectivity index (χ0v) is 16.6. The van der Waals surface area contributed by atoms with E-state index >= 15 is 0 Å². The van der Waals surface area contributed by atoms with Crippen LogP contribution in [0, 0.1) is 6.92 Å². The molecule has 2 aromatic heterocycles. The molecular weight excluding hydrogens is 394 g/mol. The van der Waals surface area contributed by atoms with Gasteiger partial charge in [-0.15, -0.1) is 11.3 Å². The highest BCUT2D eigenvalue weighted by Gasteiger charge is 2.10. The lowest BCUT2D eigenvalue weighted by Gasteiger charge is -2.06. The van der Waals surface area contributed by atoms with Crippen molar-refractivity contribution in [2.75, 3.05) is 7.05 Å². The number of hydrogen-bond acceptors (Lipinski definition) is 4. The third kappa shape index (κ3) is 3.84. The second-order valence-corrected chi connectivity index (χ2v) is 7.13. The number of para-hydroxylation sites is 1. The summed E-state index contributed by atoms with van der Waals surface area (Å²) in [5.74, 6) is 0.115. The van der Waals surface area contributed by atoms with Gasteiger partial charge in [0.25, 0.3) is 0 Å². The highest BCUT2D eigenvalue weighted by Crippen LogP contribution is 2.25. The molecule has 2 heterocycles. The van der Waals surface area contributed by atoms with Crippen molar-refractivity contribution in [3.63, 3.8) is 0 Å². The van der Waals surface area contributed by atoms with Gasteiger partial charge in [0.1, 0.15) is 5.75 Å². The van der Waals surface area contributed by atoms with Crippen LogP contribution in [-0.4, -0.2) is 29.5 Å². The molecule has 8 heteroatoms. The molecule has 0 unspecified atom stereocenters. The molecule has 0 aliphatic heterocycles. The molecule has 0 spiro atoms. The molecular formula is C21H18F2N4OS. The van der Waals surface area contributed by atoms with Crippen molar-refractivity contribution in [3.8, 4) is 17.0 Å². The number of H-pyrrole nitrogens is 1. The molecule has 4 aromatic rings. The average Bonchev–Trinajstić information content (AvgIpc) is 3.26. The number of aromatic amines is 1. The van der Waals surface area contributed by atoms with E-state index < -0.39 is 6.61 Å². The number of hydrogen-bond donors (Lipinski definition) is 1. The number of ether oxygens (including phenoxy) is 1. The van der Waals surface area contributed by atoms with E-state index in [1.165, 1.54) is 23.5 Å². The van der Waals surface area contributed by atoms with Crippen molar-refractivity contribution in [1.82, 2.24) is 9.66 Å². The summed E-state index contributed by atoms with van der Waals surface area (Å²) in [6.45, 7) is -0.839. The van der Waals surface area contributed by atoms with Gasteiger partial charge in [-0.3, -0.25) is 4.99 Å². The molecule has 0 atom stereocenters. The quantitative estimate of drug-likeness (QED) is 0.460. The van der Waals surface area contributed by atoms with Crippen molar-refractivity contribution in [3.05, 3.63) is 70.0 Å². The fourth-order valence-electron chi connectivity index (χ4n) is 3.15. The van der Waals surface area contributed by atoms with Crippen molar-refractivity contribution >= 4 is 28.5 Å². The summed E-state index contributed by atoms with van der Waals surface area (Å²) in [5.41, 5.74) is 4.72. The van der Waals surface area contributed by atoms with E-state index in [4.69, 9.17) is 0 Å². The van der Waals surface area contributed by atoms with Crippen molar-refractivity contribution < 1.29 is 13.5 Å². The molecule has 4 rings (SSSR count). The summed E-state index contributed by atoms with van der Waals surface area (Å²) in [5, 5.41) is 7.70. The first kappa shape index (κ1) is 19.1. The largest absolute Gasteiger partial charge is 0.435 e. The van der Waals surface area contributed by atoms with Gasteiger partial charge in [-0.05, 0) is 37.3 Å². The van der Waals surface area contributed by atoms with Crippen LogP contribution in [0.3, 0.4) is 0 Å². The van der Waals surface area contributed by atoms with E-state index in [2.05, 4.69) is 19.8 Å². The molecule has 0 aliphatic carbocycles. The summed E-state index contributed by atoms with van der Waals surface area (Å²) < 4.78 is 30.9. The summed E-state index contributed by atoms with van der Waals surface area (Å²) in [7, 11) is 1.71. The molecule has 29 heavy (non-hydrogen) atoms. The van der Waals surface area contributed by atoms with Gasteiger partial charge in [0.05, 0.1) is 11.9 Å². The van der Waals surface area contributed by atoms with E-state index in [9.17, 15) is 8.78 Å². The highest BCUT2D eigenvalue weighted by molar-refractivity contribution is 7.07. The standard InChI is InChI=1S/C21H18F2N4OS/c1-13-17(16-5-3-4-6-18(16)26-13)11-25-27-19(12-29-21(27)24-2)14-7-9-15(10-8-14)28-20(22)23/h3-12,20,26H,1-2H3. The van der Waals surface area contributed by atoms with Gasteiger partial charge < -0.3 is 9.72 Å². The smallest absolute Gasteiger partial charge is 0.387 e. The van der Waals surface area contributed by atoms with Gasteiger partial charge in [0.15, 0.2) is 0 Å². The Morgan fingerprint density at radius 1 is 1.14 bits per heavy atom. The Morgan fingerprint density at radius 3 is 2.62 bits per heavy atom. The van der Waals surface area contributed by atoms with Crippen LogP contribution >= 0.6 is 11.3 Å². The molecule has 5 nitrogen and oxygen atoms in total. The molecule has 0 amide bonds. The Kier molecular flexibility index (Phi) is 5.26. The number of halogens is 2. The summed E-state index contributed by atoms with van der Waals surface area (Å²) in [4.78, 5) is 8.38. The lowest BCUT2D eigenvalue weighted by molar-refractivity contribution is -0.0498. The molecule has 1 N–H and O–H groups in total. The van der Waals surface area contributed by atoms with Gasteiger partial charge in [-0.25, -0.2) is 4.68 Å². The zero-order chi connectivity index (χ0) is 20.4. The highest BCUT2D eigenvalue weighted by atomic mass is 32.1. The van der Waals surface area contributed by atoms with Crippen molar-refractivity contribution in [2.45, 2.75) is 13.5 Å². The predicted molar refractivity (Wildman–Crippen MR) is 112 cm³/mol. The number of nitrogens with one attached hydrogen (secondary N) is 1. The average molecular weight is 412 g/mol. The maximum atomic E-state index is 12.4. The Labute approximate surface area is 169 Å². The van der Waals surface area contributed by atoms with Crippen LogP contribution in [0.4, 0.5) is 8.78 Å². The maximum absolute atomic E-state index is 12.4. The third-order valence-electron chi connectivity index (χ3n) is 4.50. The molecule has 0 saturated carbocycles. The van der Waals surface area contributed by atoms with Crippen LogP contribution in [-0.2, 0) is 0 Å². The monoisotopic (exact) mass is 412 g/mol. The van der Waals surface area contributed by atoms with Gasteiger partial charge in [-0.1, -0.05) is 18.2 Å². The van der Waals surface area contributed by atoms with E-state index in [1.54, 1.807) is 23.9 Å². The lowest BCUT2D eigenvalue weighted by Crippen LogP contribution is -2.11. The number of rotatable bonds is 5. The van der Waals surface area contributed by atoms with Crippen LogP contribution in [0.5, 0.6) is 5.75 Å². The predicted octanol–water partition coefficient (Wildman–Crippen LogP) is 5.02. The van der Waals surface area contributed by atoms with E-state index in [1.807, 2.05) is 42.8 Å². The molecule has 0 bridgehead atoms. The fourth-order valence-corrected chi connectivity index (χ4v) is 3.95.